The number of halogens is 1. The van der Waals surface area contributed by atoms with Crippen molar-refractivity contribution in [3.8, 4) is 0 Å². The molecule has 2 nitrogen and oxygen atoms in total. The van der Waals surface area contributed by atoms with Crippen LogP contribution in [0.5, 0.6) is 0 Å². The van der Waals surface area contributed by atoms with Crippen molar-refractivity contribution in [2.45, 2.75) is 19.8 Å². The van der Waals surface area contributed by atoms with Gasteiger partial charge in [0.25, 0.3) is 0 Å². The molecule has 16 heavy (non-hydrogen) atoms. The molecule has 0 radical (unpaired) electrons. The second-order valence-corrected chi connectivity index (χ2v) is 5.41. The van der Waals surface area contributed by atoms with Gasteiger partial charge in [-0.05, 0) is 72.4 Å². The minimum atomic E-state index is 0.814. The second kappa shape index (κ2) is 5.69. The first-order chi connectivity index (χ1) is 7.75. The number of rotatable bonds is 3. The Morgan fingerprint density at radius 3 is 2.81 bits per heavy atom. The third-order valence-corrected chi connectivity index (χ3v) is 3.82. The molecule has 0 unspecified atom stereocenters. The van der Waals surface area contributed by atoms with Crippen LogP contribution < -0.4 is 10.6 Å². The molecule has 1 fully saturated rings. The van der Waals surface area contributed by atoms with Crippen molar-refractivity contribution in [1.82, 2.24) is 5.32 Å². The van der Waals surface area contributed by atoms with Gasteiger partial charge in [0, 0.05) is 16.7 Å². The number of anilines is 1. The summed E-state index contributed by atoms with van der Waals surface area (Å²) in [5, 5.41) is 6.93. The van der Waals surface area contributed by atoms with Gasteiger partial charge in [0.05, 0.1) is 0 Å². The van der Waals surface area contributed by atoms with Gasteiger partial charge >= 0.3 is 0 Å². The van der Waals surface area contributed by atoms with Crippen molar-refractivity contribution in [3.63, 3.8) is 0 Å². The molecule has 1 aromatic rings. The third kappa shape index (κ3) is 3.22. The van der Waals surface area contributed by atoms with E-state index < -0.39 is 0 Å². The number of hydrogen-bond donors (Lipinski definition) is 2. The van der Waals surface area contributed by atoms with Crippen LogP contribution in [0.4, 0.5) is 5.69 Å². The molecule has 0 bridgehead atoms. The zero-order valence-electron chi connectivity index (χ0n) is 9.72. The average molecular weight is 283 g/mol. The van der Waals surface area contributed by atoms with Crippen molar-refractivity contribution in [3.05, 3.63) is 28.2 Å². The summed E-state index contributed by atoms with van der Waals surface area (Å²) in [6, 6.07) is 6.46. The Morgan fingerprint density at radius 2 is 2.12 bits per heavy atom. The molecule has 0 spiro atoms. The molecule has 3 heteroatoms. The van der Waals surface area contributed by atoms with E-state index in [4.69, 9.17) is 0 Å². The molecule has 0 saturated carbocycles. The molecule has 0 aliphatic carbocycles. The Morgan fingerprint density at radius 1 is 1.38 bits per heavy atom. The van der Waals surface area contributed by atoms with E-state index in [1.54, 1.807) is 0 Å². The molecule has 0 atom stereocenters. The Hall–Kier alpha value is -0.540. The van der Waals surface area contributed by atoms with Crippen LogP contribution in [0.15, 0.2) is 22.7 Å². The van der Waals surface area contributed by atoms with Crippen molar-refractivity contribution >= 4 is 21.6 Å². The lowest BCUT2D eigenvalue weighted by molar-refractivity contribution is 0.390. The molecule has 1 aromatic carbocycles. The minimum Gasteiger partial charge on any atom is -0.384 e. The predicted octanol–water partition coefficient (Wildman–Crippen LogP) is 3.17. The summed E-state index contributed by atoms with van der Waals surface area (Å²) in [6.45, 7) is 5.54. The molecule has 0 amide bonds. The quantitative estimate of drug-likeness (QED) is 0.890. The largest absolute Gasteiger partial charge is 0.384 e. The highest BCUT2D eigenvalue weighted by Crippen LogP contribution is 2.24. The van der Waals surface area contributed by atoms with Crippen LogP contribution in [0.1, 0.15) is 18.4 Å². The van der Waals surface area contributed by atoms with Crippen molar-refractivity contribution < 1.29 is 0 Å². The summed E-state index contributed by atoms with van der Waals surface area (Å²) >= 11 is 3.60. The Balaban J connectivity index is 1.88. The minimum absolute atomic E-state index is 0.814. The van der Waals surface area contributed by atoms with E-state index in [9.17, 15) is 0 Å². The maximum Gasteiger partial charge on any atom is 0.0484 e. The van der Waals surface area contributed by atoms with Gasteiger partial charge < -0.3 is 10.6 Å². The molecule has 2 rings (SSSR count). The van der Waals surface area contributed by atoms with E-state index in [-0.39, 0.29) is 0 Å². The van der Waals surface area contributed by atoms with Gasteiger partial charge in [-0.25, -0.2) is 0 Å². The Bertz CT molecular complexity index is 346. The highest BCUT2D eigenvalue weighted by atomic mass is 79.9. The van der Waals surface area contributed by atoms with Crippen LogP contribution in [0.25, 0.3) is 0 Å². The van der Waals surface area contributed by atoms with Crippen LogP contribution in [-0.2, 0) is 0 Å². The monoisotopic (exact) mass is 282 g/mol. The average Bonchev–Trinajstić information content (AvgIpc) is 2.29. The zero-order valence-corrected chi connectivity index (χ0v) is 11.3. The summed E-state index contributed by atoms with van der Waals surface area (Å²) in [5.74, 6) is 0.814. The highest BCUT2D eigenvalue weighted by molar-refractivity contribution is 9.10. The van der Waals surface area contributed by atoms with Gasteiger partial charge in [-0.3, -0.25) is 0 Å². The second-order valence-electron chi connectivity index (χ2n) is 4.56. The Labute approximate surface area is 106 Å². The standard InChI is InChI=1S/C13H19BrN2/c1-10-2-3-13(12(14)8-10)16-9-11-4-6-15-7-5-11/h2-3,8,11,15-16H,4-7,9H2,1H3. The van der Waals surface area contributed by atoms with Gasteiger partial charge in [0.15, 0.2) is 0 Å². The summed E-state index contributed by atoms with van der Waals surface area (Å²) < 4.78 is 1.17. The fraction of sp³-hybridized carbons (Fsp3) is 0.538. The molecule has 0 aromatic heterocycles. The lowest BCUT2D eigenvalue weighted by Crippen LogP contribution is -2.31. The summed E-state index contributed by atoms with van der Waals surface area (Å²) in [6.07, 6.45) is 2.58. The Kier molecular flexibility index (Phi) is 4.24. The summed E-state index contributed by atoms with van der Waals surface area (Å²) in [4.78, 5) is 0. The van der Waals surface area contributed by atoms with Gasteiger partial charge in [-0.15, -0.1) is 0 Å². The summed E-state index contributed by atoms with van der Waals surface area (Å²) in [5.41, 5.74) is 2.50. The van der Waals surface area contributed by atoms with Gasteiger partial charge in [-0.2, -0.15) is 0 Å². The number of benzene rings is 1. The van der Waals surface area contributed by atoms with E-state index in [1.165, 1.54) is 41.7 Å². The SMILES string of the molecule is Cc1ccc(NCC2CCNCC2)c(Br)c1. The van der Waals surface area contributed by atoms with E-state index in [2.05, 4.69) is 51.7 Å². The fourth-order valence-corrected chi connectivity index (χ4v) is 2.74. The van der Waals surface area contributed by atoms with Crippen LogP contribution in [0, 0.1) is 12.8 Å². The van der Waals surface area contributed by atoms with Crippen molar-refractivity contribution in [2.24, 2.45) is 5.92 Å². The lowest BCUT2D eigenvalue weighted by atomic mass is 9.98. The summed E-state index contributed by atoms with van der Waals surface area (Å²) in [7, 11) is 0. The normalized spacial score (nSPS) is 17.4. The number of nitrogens with one attached hydrogen (secondary N) is 2. The fourth-order valence-electron chi connectivity index (χ4n) is 2.10. The van der Waals surface area contributed by atoms with Crippen LogP contribution in [0.2, 0.25) is 0 Å². The van der Waals surface area contributed by atoms with E-state index in [0.717, 1.165) is 12.5 Å². The van der Waals surface area contributed by atoms with Gasteiger partial charge in [0.2, 0.25) is 0 Å². The molecule has 1 heterocycles. The molecule has 88 valence electrons. The smallest absolute Gasteiger partial charge is 0.0484 e. The third-order valence-electron chi connectivity index (χ3n) is 3.16. The van der Waals surface area contributed by atoms with E-state index >= 15 is 0 Å². The molecular formula is C13H19BrN2. The maximum atomic E-state index is 3.60. The highest BCUT2D eigenvalue weighted by Gasteiger charge is 2.12. The number of piperidine rings is 1. The molecular weight excluding hydrogens is 264 g/mol. The first-order valence-electron chi connectivity index (χ1n) is 5.96. The first-order valence-corrected chi connectivity index (χ1v) is 6.76. The van der Waals surface area contributed by atoms with Crippen molar-refractivity contribution in [2.75, 3.05) is 25.0 Å². The van der Waals surface area contributed by atoms with E-state index in [0.29, 0.717) is 0 Å². The molecule has 2 N–H and O–H groups in total. The molecule has 1 saturated heterocycles. The zero-order chi connectivity index (χ0) is 11.4. The lowest BCUT2D eigenvalue weighted by Gasteiger charge is -2.23. The van der Waals surface area contributed by atoms with Gasteiger partial charge in [-0.1, -0.05) is 6.07 Å². The maximum absolute atomic E-state index is 3.60. The number of aryl methyl sites for hydroxylation is 1. The van der Waals surface area contributed by atoms with Crippen molar-refractivity contribution in [1.29, 1.82) is 0 Å². The first kappa shape index (κ1) is 11.9. The molecule has 1 aliphatic heterocycles. The van der Waals surface area contributed by atoms with Crippen LogP contribution >= 0.6 is 15.9 Å². The van der Waals surface area contributed by atoms with Crippen LogP contribution in [0.3, 0.4) is 0 Å². The molecule has 1 aliphatic rings. The predicted molar refractivity (Wildman–Crippen MR) is 73.0 cm³/mol. The topological polar surface area (TPSA) is 24.1 Å². The van der Waals surface area contributed by atoms with Gasteiger partial charge in [0.1, 0.15) is 0 Å². The van der Waals surface area contributed by atoms with E-state index in [1.807, 2.05) is 0 Å². The number of hydrogen-bond acceptors (Lipinski definition) is 2. The van der Waals surface area contributed by atoms with Crippen LogP contribution in [-0.4, -0.2) is 19.6 Å².